The highest BCUT2D eigenvalue weighted by Gasteiger charge is 2.20. The predicted octanol–water partition coefficient (Wildman–Crippen LogP) is 0.844. The number of hydrogen-bond acceptors (Lipinski definition) is 3. The molecule has 0 spiro atoms. The number of hydrogen-bond donors (Lipinski definition) is 1. The largest absolute Gasteiger partial charge is 0.493 e. The average Bonchev–Trinajstić information content (AvgIpc) is 2.26. The van der Waals surface area contributed by atoms with Crippen molar-refractivity contribution >= 4 is 17.7 Å². The van der Waals surface area contributed by atoms with Crippen LogP contribution in [0.5, 0.6) is 11.5 Å². The summed E-state index contributed by atoms with van der Waals surface area (Å²) in [5, 5.41) is 2.72. The molecular formula is C11H13NO4. The van der Waals surface area contributed by atoms with E-state index in [0.29, 0.717) is 17.2 Å². The van der Waals surface area contributed by atoms with Gasteiger partial charge in [-0.1, -0.05) is 12.7 Å². The van der Waals surface area contributed by atoms with Crippen molar-refractivity contribution in [3.8, 4) is 11.5 Å². The molecule has 0 aromatic heterocycles. The van der Waals surface area contributed by atoms with Crippen LogP contribution in [0, 0.1) is 0 Å². The lowest BCUT2D eigenvalue weighted by Gasteiger charge is -2.20. The van der Waals surface area contributed by atoms with Crippen LogP contribution < -0.4 is 14.8 Å². The normalized spacial score (nSPS) is 12.7. The van der Waals surface area contributed by atoms with E-state index in [2.05, 4.69) is 11.9 Å². The van der Waals surface area contributed by atoms with Crippen molar-refractivity contribution in [3.63, 3.8) is 0 Å². The molecule has 0 atom stereocenters. The zero-order valence-corrected chi connectivity index (χ0v) is 8.87. The van der Waals surface area contributed by atoms with Gasteiger partial charge in [0.1, 0.15) is 0 Å². The number of rotatable bonds is 2. The Labute approximate surface area is 93.0 Å². The number of nitrogens with one attached hydrogen (secondary N) is 1. The smallest absolute Gasteiger partial charge is 0.262 e. The lowest BCUT2D eigenvalue weighted by molar-refractivity contribution is -0.118. The maximum absolute atomic E-state index is 11.1. The van der Waals surface area contributed by atoms with Crippen LogP contribution >= 0.6 is 0 Å². The number of carbonyl (C=O) groups is 1. The van der Waals surface area contributed by atoms with Crippen LogP contribution in [-0.4, -0.2) is 25.1 Å². The summed E-state index contributed by atoms with van der Waals surface area (Å²) in [5.41, 5.74) is 1.50. The van der Waals surface area contributed by atoms with E-state index in [4.69, 9.17) is 9.47 Å². The van der Waals surface area contributed by atoms with Gasteiger partial charge in [-0.2, -0.15) is 0 Å². The Balaban J connectivity index is 0.00000128. The second-order valence-electron chi connectivity index (χ2n) is 3.14. The highest BCUT2D eigenvalue weighted by Crippen LogP contribution is 2.38. The van der Waals surface area contributed by atoms with Crippen molar-refractivity contribution in [3.05, 3.63) is 24.3 Å². The third-order valence-electron chi connectivity index (χ3n) is 2.15. The van der Waals surface area contributed by atoms with Crippen LogP contribution in [0.1, 0.15) is 5.56 Å². The molecule has 0 radical (unpaired) electrons. The van der Waals surface area contributed by atoms with Gasteiger partial charge in [-0.25, -0.2) is 0 Å². The van der Waals surface area contributed by atoms with Crippen LogP contribution in [0.4, 0.5) is 5.69 Å². The zero-order valence-electron chi connectivity index (χ0n) is 8.87. The molecule has 0 aliphatic carbocycles. The minimum absolute atomic E-state index is 0. The lowest BCUT2D eigenvalue weighted by Crippen LogP contribution is -2.25. The quantitative estimate of drug-likeness (QED) is 0.807. The lowest BCUT2D eigenvalue weighted by atomic mass is 10.1. The maximum Gasteiger partial charge on any atom is 0.262 e. The van der Waals surface area contributed by atoms with E-state index in [-0.39, 0.29) is 18.0 Å². The van der Waals surface area contributed by atoms with Crippen molar-refractivity contribution in [1.29, 1.82) is 0 Å². The second kappa shape index (κ2) is 4.67. The van der Waals surface area contributed by atoms with Gasteiger partial charge in [-0.15, -0.1) is 0 Å². The minimum atomic E-state index is -0.161. The van der Waals surface area contributed by atoms with E-state index in [9.17, 15) is 4.79 Å². The number of amides is 1. The minimum Gasteiger partial charge on any atom is -0.493 e. The van der Waals surface area contributed by atoms with Gasteiger partial charge in [-0.05, 0) is 17.7 Å². The third-order valence-corrected chi connectivity index (χ3v) is 2.15. The Kier molecular flexibility index (Phi) is 3.52. The van der Waals surface area contributed by atoms with Crippen molar-refractivity contribution in [1.82, 2.24) is 0 Å². The molecule has 0 saturated carbocycles. The SMILES string of the molecule is C=Cc1cc2c(c(OC)c1)OCC(=O)N2.O. The molecule has 2 rings (SSSR count). The molecule has 0 saturated heterocycles. The third kappa shape index (κ3) is 1.99. The molecule has 1 heterocycles. The summed E-state index contributed by atoms with van der Waals surface area (Å²) in [5.74, 6) is 1.01. The molecule has 1 amide bonds. The number of anilines is 1. The first-order valence-corrected chi connectivity index (χ1v) is 4.51. The Hall–Kier alpha value is -2.01. The Bertz CT molecular complexity index is 428. The molecule has 1 aromatic rings. The first-order valence-electron chi connectivity index (χ1n) is 4.51. The summed E-state index contributed by atoms with van der Waals surface area (Å²) in [6, 6.07) is 3.60. The zero-order chi connectivity index (χ0) is 10.8. The number of ether oxygens (including phenoxy) is 2. The summed E-state index contributed by atoms with van der Waals surface area (Å²) in [6.07, 6.45) is 1.68. The summed E-state index contributed by atoms with van der Waals surface area (Å²) in [7, 11) is 1.56. The van der Waals surface area contributed by atoms with Crippen LogP contribution in [0.2, 0.25) is 0 Å². The molecule has 5 heteroatoms. The van der Waals surface area contributed by atoms with Gasteiger partial charge in [0.2, 0.25) is 0 Å². The van der Waals surface area contributed by atoms with E-state index < -0.39 is 0 Å². The highest BCUT2D eigenvalue weighted by atomic mass is 16.5. The number of carbonyl (C=O) groups excluding carboxylic acids is 1. The van der Waals surface area contributed by atoms with Gasteiger partial charge in [0, 0.05) is 0 Å². The maximum atomic E-state index is 11.1. The monoisotopic (exact) mass is 223 g/mol. The van der Waals surface area contributed by atoms with Gasteiger partial charge in [0.15, 0.2) is 18.1 Å². The van der Waals surface area contributed by atoms with E-state index in [1.807, 2.05) is 6.07 Å². The molecule has 1 aliphatic heterocycles. The summed E-state index contributed by atoms with van der Waals surface area (Å²) < 4.78 is 10.5. The Morgan fingerprint density at radius 2 is 2.31 bits per heavy atom. The molecule has 5 nitrogen and oxygen atoms in total. The molecule has 16 heavy (non-hydrogen) atoms. The van der Waals surface area contributed by atoms with Crippen LogP contribution in [0.3, 0.4) is 0 Å². The van der Waals surface area contributed by atoms with Crippen molar-refractivity contribution in [2.45, 2.75) is 0 Å². The second-order valence-corrected chi connectivity index (χ2v) is 3.14. The van der Waals surface area contributed by atoms with Crippen molar-refractivity contribution < 1.29 is 19.7 Å². The number of benzene rings is 1. The summed E-state index contributed by atoms with van der Waals surface area (Å²) in [4.78, 5) is 11.1. The molecule has 0 unspecified atom stereocenters. The van der Waals surface area contributed by atoms with E-state index in [0.717, 1.165) is 5.56 Å². The molecule has 3 N–H and O–H groups in total. The van der Waals surface area contributed by atoms with Crippen LogP contribution in [0.25, 0.3) is 6.08 Å². The number of methoxy groups -OCH3 is 1. The van der Waals surface area contributed by atoms with Gasteiger partial charge >= 0.3 is 0 Å². The van der Waals surface area contributed by atoms with Crippen molar-refractivity contribution in [2.24, 2.45) is 0 Å². The molecule has 0 bridgehead atoms. The molecule has 0 fully saturated rings. The fourth-order valence-electron chi connectivity index (χ4n) is 1.46. The van der Waals surface area contributed by atoms with Gasteiger partial charge in [-0.3, -0.25) is 4.79 Å². The van der Waals surface area contributed by atoms with Gasteiger partial charge < -0.3 is 20.3 Å². The van der Waals surface area contributed by atoms with Gasteiger partial charge in [0.05, 0.1) is 12.8 Å². The standard InChI is InChI=1S/C11H11NO3.H2O/c1-3-7-4-8-11(9(5-7)14-2)15-6-10(13)12-8;/h3-5H,1,6H2,2H3,(H,12,13);1H2. The topological polar surface area (TPSA) is 79.1 Å². The van der Waals surface area contributed by atoms with E-state index in [1.165, 1.54) is 0 Å². The fraction of sp³-hybridized carbons (Fsp3) is 0.182. The van der Waals surface area contributed by atoms with Crippen molar-refractivity contribution in [2.75, 3.05) is 19.0 Å². The predicted molar refractivity (Wildman–Crippen MR) is 60.8 cm³/mol. The Morgan fingerprint density at radius 1 is 1.56 bits per heavy atom. The fourth-order valence-corrected chi connectivity index (χ4v) is 1.46. The molecule has 1 aliphatic rings. The number of fused-ring (bicyclic) bond motifs is 1. The average molecular weight is 223 g/mol. The molecule has 86 valence electrons. The van der Waals surface area contributed by atoms with Crippen LogP contribution in [-0.2, 0) is 4.79 Å². The molecule has 1 aromatic carbocycles. The molecular weight excluding hydrogens is 210 g/mol. The first kappa shape index (κ1) is 12.1. The van der Waals surface area contributed by atoms with Gasteiger partial charge in [0.25, 0.3) is 5.91 Å². The first-order chi connectivity index (χ1) is 7.24. The van der Waals surface area contributed by atoms with E-state index >= 15 is 0 Å². The summed E-state index contributed by atoms with van der Waals surface area (Å²) >= 11 is 0. The summed E-state index contributed by atoms with van der Waals surface area (Å²) in [6.45, 7) is 3.69. The highest BCUT2D eigenvalue weighted by molar-refractivity contribution is 5.96. The van der Waals surface area contributed by atoms with Crippen LogP contribution in [0.15, 0.2) is 18.7 Å². The van der Waals surface area contributed by atoms with E-state index in [1.54, 1.807) is 19.3 Å². The Morgan fingerprint density at radius 3 is 2.94 bits per heavy atom.